The van der Waals surface area contributed by atoms with Gasteiger partial charge in [0.05, 0.1) is 0 Å². The van der Waals surface area contributed by atoms with Crippen molar-refractivity contribution in [3.63, 3.8) is 0 Å². The molecule has 0 radical (unpaired) electrons. The monoisotopic (exact) mass is 517 g/mol. The number of alkyl halides is 3. The number of nitrogens with zero attached hydrogens (tertiary/aromatic N) is 5. The normalized spacial score (nSPS) is 20.2. The van der Waals surface area contributed by atoms with Gasteiger partial charge in [-0.05, 0) is 76.5 Å². The van der Waals surface area contributed by atoms with Crippen LogP contribution in [0.4, 0.5) is 30.6 Å². The largest absolute Gasteiger partial charge is 0.421 e. The summed E-state index contributed by atoms with van der Waals surface area (Å²) in [7, 11) is 3.87. The van der Waals surface area contributed by atoms with Crippen molar-refractivity contribution >= 4 is 35.0 Å². The summed E-state index contributed by atoms with van der Waals surface area (Å²) in [5, 5.41) is 2.88. The average molecular weight is 518 g/mol. The number of halogens is 3. The molecule has 0 unspecified atom stereocenters. The number of benzene rings is 1. The summed E-state index contributed by atoms with van der Waals surface area (Å²) in [5.74, 6) is -1.61. The number of piperidine rings is 1. The lowest BCUT2D eigenvalue weighted by Gasteiger charge is -2.35. The first-order chi connectivity index (χ1) is 17.5. The van der Waals surface area contributed by atoms with E-state index in [-0.39, 0.29) is 24.3 Å². The Morgan fingerprint density at radius 1 is 1.16 bits per heavy atom. The zero-order chi connectivity index (χ0) is 26.7. The van der Waals surface area contributed by atoms with Crippen molar-refractivity contribution in [3.05, 3.63) is 41.6 Å². The number of primary amides is 1. The molecule has 4 rings (SSSR count). The number of hydrogen-bond acceptors (Lipinski definition) is 7. The summed E-state index contributed by atoms with van der Waals surface area (Å²) in [6.07, 6.45) is -1.15. The van der Waals surface area contributed by atoms with Gasteiger partial charge in [-0.1, -0.05) is 0 Å². The van der Waals surface area contributed by atoms with Gasteiger partial charge in [-0.25, -0.2) is 9.98 Å². The fraction of sp³-hybridized carbons (Fsp3) is 0.480. The highest BCUT2D eigenvalue weighted by atomic mass is 19.4. The van der Waals surface area contributed by atoms with Gasteiger partial charge < -0.3 is 20.9 Å². The summed E-state index contributed by atoms with van der Waals surface area (Å²) in [6.45, 7) is 1.88. The zero-order valence-electron chi connectivity index (χ0n) is 20.8. The van der Waals surface area contributed by atoms with Crippen molar-refractivity contribution in [2.45, 2.75) is 44.3 Å². The van der Waals surface area contributed by atoms with E-state index in [2.05, 4.69) is 32.2 Å². The Kier molecular flexibility index (Phi) is 7.76. The maximum absolute atomic E-state index is 13.5. The molecule has 1 aromatic carbocycles. The van der Waals surface area contributed by atoms with Gasteiger partial charge in [-0.3, -0.25) is 9.59 Å². The number of carbonyl (C=O) groups excluding carboxylic acids is 2. The van der Waals surface area contributed by atoms with E-state index >= 15 is 0 Å². The van der Waals surface area contributed by atoms with Crippen molar-refractivity contribution in [3.8, 4) is 0 Å². The molecule has 2 aliphatic rings. The van der Waals surface area contributed by atoms with E-state index < -0.39 is 29.4 Å². The maximum Gasteiger partial charge on any atom is 0.421 e. The molecule has 3 N–H and O–H groups in total. The summed E-state index contributed by atoms with van der Waals surface area (Å²) in [6, 6.07) is 6.79. The first kappa shape index (κ1) is 26.5. The number of aliphatic imine (C=N–C) groups is 1. The molecular formula is C25H30F3N7O2. The summed E-state index contributed by atoms with van der Waals surface area (Å²) in [4.78, 5) is 40.2. The molecule has 2 amide bonds. The van der Waals surface area contributed by atoms with Crippen LogP contribution in [0.2, 0.25) is 0 Å². The van der Waals surface area contributed by atoms with E-state index in [1.807, 2.05) is 0 Å². The predicted octanol–water partition coefficient (Wildman–Crippen LogP) is 3.76. The van der Waals surface area contributed by atoms with E-state index in [9.17, 15) is 22.8 Å². The smallest absolute Gasteiger partial charge is 0.369 e. The van der Waals surface area contributed by atoms with Gasteiger partial charge >= 0.3 is 6.18 Å². The molecule has 2 heterocycles. The van der Waals surface area contributed by atoms with Crippen LogP contribution in [0.15, 0.2) is 35.5 Å². The Balaban J connectivity index is 1.49. The van der Waals surface area contributed by atoms with E-state index in [1.165, 1.54) is 0 Å². The Labute approximate surface area is 213 Å². The van der Waals surface area contributed by atoms with Crippen molar-refractivity contribution < 1.29 is 22.8 Å². The number of anilines is 2. The van der Waals surface area contributed by atoms with Gasteiger partial charge in [-0.2, -0.15) is 18.2 Å². The second kappa shape index (κ2) is 10.8. The van der Waals surface area contributed by atoms with Gasteiger partial charge in [0.15, 0.2) is 5.82 Å². The van der Waals surface area contributed by atoms with E-state index in [4.69, 9.17) is 5.73 Å². The minimum absolute atomic E-state index is 0.0701. The van der Waals surface area contributed by atoms with Crippen LogP contribution < -0.4 is 11.1 Å². The third-order valence-corrected chi connectivity index (χ3v) is 6.95. The first-order valence-corrected chi connectivity index (χ1v) is 12.1. The molecule has 1 aliphatic heterocycles. The number of carbonyl (C=O) groups is 2. The fourth-order valence-corrected chi connectivity index (χ4v) is 4.62. The van der Waals surface area contributed by atoms with Gasteiger partial charge in [0, 0.05) is 42.2 Å². The SMILES string of the molecule is CN1CCC(N(C)C(=O)c2ccc(Nc3ncc(C(F)(F)F)c(N=C4CC[C@H](C(N)=O)C4)n3)cc2)CC1. The Bertz CT molecular complexity index is 1180. The van der Waals surface area contributed by atoms with Gasteiger partial charge in [-0.15, -0.1) is 0 Å². The summed E-state index contributed by atoms with van der Waals surface area (Å²) >= 11 is 0. The minimum atomic E-state index is -4.69. The number of likely N-dealkylation sites (tertiary alicyclic amines) is 1. The predicted molar refractivity (Wildman–Crippen MR) is 133 cm³/mol. The molecule has 1 atom stereocenters. The number of nitrogens with one attached hydrogen (secondary N) is 1. The first-order valence-electron chi connectivity index (χ1n) is 12.1. The number of nitrogens with two attached hydrogens (primary N) is 1. The van der Waals surface area contributed by atoms with Crippen LogP contribution in [-0.2, 0) is 11.0 Å². The quantitative estimate of drug-likeness (QED) is 0.603. The topological polar surface area (TPSA) is 117 Å². The van der Waals surface area contributed by atoms with Crippen LogP contribution >= 0.6 is 0 Å². The molecule has 1 aromatic heterocycles. The molecule has 2 aromatic rings. The molecular weight excluding hydrogens is 487 g/mol. The highest BCUT2D eigenvalue weighted by Gasteiger charge is 2.36. The number of hydrogen-bond donors (Lipinski definition) is 2. The van der Waals surface area contributed by atoms with E-state index in [0.29, 0.717) is 36.0 Å². The van der Waals surface area contributed by atoms with E-state index in [0.717, 1.165) is 25.9 Å². The average Bonchev–Trinajstić information content (AvgIpc) is 3.32. The van der Waals surface area contributed by atoms with Crippen LogP contribution in [0, 0.1) is 5.92 Å². The molecule has 37 heavy (non-hydrogen) atoms. The lowest BCUT2D eigenvalue weighted by molar-refractivity contribution is -0.137. The molecule has 1 saturated carbocycles. The third-order valence-electron chi connectivity index (χ3n) is 6.95. The fourth-order valence-electron chi connectivity index (χ4n) is 4.62. The number of rotatable bonds is 6. The van der Waals surface area contributed by atoms with Crippen LogP contribution in [0.3, 0.4) is 0 Å². The minimum Gasteiger partial charge on any atom is -0.369 e. The zero-order valence-corrected chi connectivity index (χ0v) is 20.8. The molecule has 2 fully saturated rings. The van der Waals surface area contributed by atoms with Crippen molar-refractivity contribution in [1.82, 2.24) is 19.8 Å². The van der Waals surface area contributed by atoms with Crippen molar-refractivity contribution in [1.29, 1.82) is 0 Å². The Hall–Kier alpha value is -3.54. The number of amides is 2. The molecule has 198 valence electrons. The number of aromatic nitrogens is 2. The molecule has 1 saturated heterocycles. The Morgan fingerprint density at radius 3 is 2.43 bits per heavy atom. The van der Waals surface area contributed by atoms with Crippen LogP contribution in [0.1, 0.15) is 48.0 Å². The maximum atomic E-state index is 13.5. The highest BCUT2D eigenvalue weighted by molar-refractivity contribution is 5.95. The second-order valence-electron chi connectivity index (χ2n) is 9.60. The summed E-state index contributed by atoms with van der Waals surface area (Å²) < 4.78 is 40.6. The molecule has 0 spiro atoms. The molecule has 0 bridgehead atoms. The lowest BCUT2D eigenvalue weighted by atomic mass is 10.0. The van der Waals surface area contributed by atoms with Crippen molar-refractivity contribution in [2.24, 2.45) is 16.6 Å². The van der Waals surface area contributed by atoms with Crippen LogP contribution in [0.5, 0.6) is 0 Å². The third kappa shape index (κ3) is 6.43. The standard InChI is InChI=1S/C25H30F3N7O2/c1-34-11-9-19(10-12-34)35(2)23(37)15-3-6-17(7-4-15)32-24-30-14-20(25(26,27)28)22(33-24)31-18-8-5-16(13-18)21(29)36/h3-4,6-7,14,16,19H,5,8-13H2,1-2H3,(H2,29,36)(H,30,32,33)/t16-/m0/s1. The second-order valence-corrected chi connectivity index (χ2v) is 9.60. The van der Waals surface area contributed by atoms with Crippen molar-refractivity contribution in [2.75, 3.05) is 32.5 Å². The Morgan fingerprint density at radius 2 is 1.84 bits per heavy atom. The van der Waals surface area contributed by atoms with Crippen LogP contribution in [0.25, 0.3) is 0 Å². The van der Waals surface area contributed by atoms with Gasteiger partial charge in [0.1, 0.15) is 5.56 Å². The van der Waals surface area contributed by atoms with E-state index in [1.54, 1.807) is 36.2 Å². The molecule has 9 nitrogen and oxygen atoms in total. The van der Waals surface area contributed by atoms with Crippen LogP contribution in [-0.4, -0.2) is 70.5 Å². The molecule has 1 aliphatic carbocycles. The highest BCUT2D eigenvalue weighted by Crippen LogP contribution is 2.36. The summed E-state index contributed by atoms with van der Waals surface area (Å²) in [5.41, 5.74) is 5.71. The lowest BCUT2D eigenvalue weighted by Crippen LogP contribution is -2.44. The van der Waals surface area contributed by atoms with Gasteiger partial charge in [0.25, 0.3) is 5.91 Å². The molecule has 12 heteroatoms. The van der Waals surface area contributed by atoms with Gasteiger partial charge in [0.2, 0.25) is 11.9 Å².